The molecule has 1 heterocycles. The quantitative estimate of drug-likeness (QED) is 0.723. The molecular formula is C16H22O7. The van der Waals surface area contributed by atoms with Gasteiger partial charge in [-0.3, -0.25) is 4.79 Å². The summed E-state index contributed by atoms with van der Waals surface area (Å²) < 4.78 is 21.0. The Morgan fingerprint density at radius 2 is 1.91 bits per heavy atom. The number of methoxy groups -OCH3 is 1. The Morgan fingerprint density at radius 1 is 1.22 bits per heavy atom. The molecule has 7 heteroatoms. The van der Waals surface area contributed by atoms with E-state index in [1.807, 2.05) is 30.3 Å². The van der Waals surface area contributed by atoms with Gasteiger partial charge in [0.05, 0.1) is 13.2 Å². The molecule has 0 saturated carbocycles. The highest BCUT2D eigenvalue weighted by Gasteiger charge is 2.47. The van der Waals surface area contributed by atoms with Crippen LogP contribution in [0.1, 0.15) is 12.5 Å². The zero-order valence-electron chi connectivity index (χ0n) is 13.1. The predicted molar refractivity (Wildman–Crippen MR) is 79.3 cm³/mol. The number of esters is 1. The molecule has 0 bridgehead atoms. The number of aliphatic hydroxyl groups excluding tert-OH is 2. The van der Waals surface area contributed by atoms with Crippen LogP contribution in [0.25, 0.3) is 0 Å². The highest BCUT2D eigenvalue weighted by Crippen LogP contribution is 2.26. The van der Waals surface area contributed by atoms with Crippen LogP contribution in [0, 0.1) is 0 Å². The lowest BCUT2D eigenvalue weighted by Crippen LogP contribution is -2.60. The Kier molecular flexibility index (Phi) is 6.49. The fourth-order valence-corrected chi connectivity index (χ4v) is 2.48. The first-order valence-electron chi connectivity index (χ1n) is 7.36. The Bertz CT molecular complexity index is 492. The molecule has 1 aromatic rings. The molecule has 0 spiro atoms. The fraction of sp³-hybridized carbons (Fsp3) is 0.562. The summed E-state index contributed by atoms with van der Waals surface area (Å²) in [7, 11) is 1.45. The molecule has 0 radical (unpaired) electrons. The highest BCUT2D eigenvalue weighted by molar-refractivity contribution is 5.66. The number of carbonyl (C=O) groups excluding carboxylic acids is 1. The first-order chi connectivity index (χ1) is 11.0. The average Bonchev–Trinajstić information content (AvgIpc) is 2.52. The molecule has 0 unspecified atom stereocenters. The zero-order chi connectivity index (χ0) is 16.8. The van der Waals surface area contributed by atoms with Crippen LogP contribution < -0.4 is 0 Å². The first kappa shape index (κ1) is 17.8. The number of benzene rings is 1. The van der Waals surface area contributed by atoms with E-state index in [-0.39, 0.29) is 13.2 Å². The summed E-state index contributed by atoms with van der Waals surface area (Å²) in [5.41, 5.74) is 0.884. The van der Waals surface area contributed by atoms with Gasteiger partial charge < -0.3 is 29.2 Å². The van der Waals surface area contributed by atoms with Gasteiger partial charge in [-0.1, -0.05) is 30.3 Å². The van der Waals surface area contributed by atoms with Gasteiger partial charge in [0, 0.05) is 14.0 Å². The van der Waals surface area contributed by atoms with Crippen molar-refractivity contribution in [2.75, 3.05) is 13.7 Å². The average molecular weight is 326 g/mol. The van der Waals surface area contributed by atoms with E-state index in [0.717, 1.165) is 5.56 Å². The molecule has 1 aliphatic rings. The molecule has 2 rings (SSSR count). The Hall–Kier alpha value is -1.51. The number of carbonyl (C=O) groups is 1. The third-order valence-electron chi connectivity index (χ3n) is 3.55. The molecule has 1 aromatic carbocycles. The molecule has 7 nitrogen and oxygen atoms in total. The monoisotopic (exact) mass is 326 g/mol. The summed E-state index contributed by atoms with van der Waals surface area (Å²) >= 11 is 0. The molecule has 1 fully saturated rings. The number of hydrogen-bond donors (Lipinski definition) is 2. The third-order valence-corrected chi connectivity index (χ3v) is 3.55. The molecule has 0 aromatic heterocycles. The van der Waals surface area contributed by atoms with Crippen molar-refractivity contribution in [2.24, 2.45) is 0 Å². The normalized spacial score (nSPS) is 30.9. The molecule has 1 saturated heterocycles. The molecule has 2 N–H and O–H groups in total. The lowest BCUT2D eigenvalue weighted by molar-refractivity contribution is -0.301. The van der Waals surface area contributed by atoms with Gasteiger partial charge in [0.1, 0.15) is 18.3 Å². The first-order valence-corrected chi connectivity index (χ1v) is 7.36. The van der Waals surface area contributed by atoms with Gasteiger partial charge in [-0.05, 0) is 5.56 Å². The highest BCUT2D eigenvalue weighted by atomic mass is 16.7. The summed E-state index contributed by atoms with van der Waals surface area (Å²) in [6.07, 6.45) is -5.35. The van der Waals surface area contributed by atoms with Crippen molar-refractivity contribution in [3.63, 3.8) is 0 Å². The maximum atomic E-state index is 11.3. The number of hydrogen-bond acceptors (Lipinski definition) is 7. The van der Waals surface area contributed by atoms with E-state index in [4.69, 9.17) is 18.9 Å². The van der Waals surface area contributed by atoms with Crippen LogP contribution in [0.5, 0.6) is 0 Å². The van der Waals surface area contributed by atoms with Crippen molar-refractivity contribution in [1.82, 2.24) is 0 Å². The summed E-state index contributed by atoms with van der Waals surface area (Å²) in [4.78, 5) is 11.3. The number of aliphatic hydroxyl groups is 2. The second kappa shape index (κ2) is 8.37. The minimum Gasteiger partial charge on any atom is -0.457 e. The molecule has 5 atom stereocenters. The van der Waals surface area contributed by atoms with Gasteiger partial charge in [0.15, 0.2) is 12.4 Å². The van der Waals surface area contributed by atoms with Gasteiger partial charge in [0.25, 0.3) is 0 Å². The second-order valence-corrected chi connectivity index (χ2v) is 5.35. The van der Waals surface area contributed by atoms with Crippen LogP contribution in [0.2, 0.25) is 0 Å². The molecule has 0 amide bonds. The van der Waals surface area contributed by atoms with E-state index < -0.39 is 36.7 Å². The topological polar surface area (TPSA) is 94.5 Å². The molecule has 128 valence electrons. The van der Waals surface area contributed by atoms with Crippen LogP contribution in [-0.2, 0) is 30.3 Å². The lowest BCUT2D eigenvalue weighted by Gasteiger charge is -2.41. The van der Waals surface area contributed by atoms with Gasteiger partial charge in [-0.15, -0.1) is 0 Å². The van der Waals surface area contributed by atoms with Gasteiger partial charge in [0.2, 0.25) is 0 Å². The molecular weight excluding hydrogens is 304 g/mol. The lowest BCUT2D eigenvalue weighted by atomic mass is 9.98. The van der Waals surface area contributed by atoms with Gasteiger partial charge >= 0.3 is 5.97 Å². The summed E-state index contributed by atoms with van der Waals surface area (Å²) in [6, 6.07) is 9.32. The summed E-state index contributed by atoms with van der Waals surface area (Å²) in [6.45, 7) is 1.47. The minimum absolute atomic E-state index is 0.0569. The molecule has 1 aliphatic heterocycles. The Morgan fingerprint density at radius 3 is 2.52 bits per heavy atom. The zero-order valence-corrected chi connectivity index (χ0v) is 13.1. The SMILES string of the molecule is COC[C@H]1O[C@H](O)[C@H](OCc2ccccc2)[C@@H](OC(C)=O)[C@@H]1O. The van der Waals surface area contributed by atoms with Crippen molar-refractivity contribution >= 4 is 5.97 Å². The van der Waals surface area contributed by atoms with Crippen molar-refractivity contribution in [3.8, 4) is 0 Å². The van der Waals surface area contributed by atoms with Crippen molar-refractivity contribution in [2.45, 2.75) is 44.2 Å². The Labute approximate surface area is 134 Å². The fourth-order valence-electron chi connectivity index (χ4n) is 2.48. The van der Waals surface area contributed by atoms with Crippen molar-refractivity contribution in [3.05, 3.63) is 35.9 Å². The second-order valence-electron chi connectivity index (χ2n) is 5.35. The standard InChI is InChI=1S/C16H22O7/c1-10(17)22-14-13(18)12(9-20-2)23-16(19)15(14)21-8-11-6-4-3-5-7-11/h3-7,12-16,18-19H,8-9H2,1-2H3/t12-,13-,14+,15-,16+/m1/s1. The summed E-state index contributed by atoms with van der Waals surface area (Å²) in [5, 5.41) is 20.5. The van der Waals surface area contributed by atoms with Crippen LogP contribution in [0.3, 0.4) is 0 Å². The van der Waals surface area contributed by atoms with Crippen LogP contribution >= 0.6 is 0 Å². The largest absolute Gasteiger partial charge is 0.457 e. The van der Waals surface area contributed by atoms with Crippen molar-refractivity contribution < 1.29 is 34.0 Å². The van der Waals surface area contributed by atoms with E-state index in [1.54, 1.807) is 0 Å². The van der Waals surface area contributed by atoms with E-state index >= 15 is 0 Å². The predicted octanol–water partition coefficient (Wildman–Crippen LogP) is 0.228. The minimum atomic E-state index is -1.34. The van der Waals surface area contributed by atoms with Gasteiger partial charge in [-0.25, -0.2) is 0 Å². The number of ether oxygens (including phenoxy) is 4. The van der Waals surface area contributed by atoms with E-state index in [2.05, 4.69) is 0 Å². The molecule has 23 heavy (non-hydrogen) atoms. The summed E-state index contributed by atoms with van der Waals surface area (Å²) in [5.74, 6) is -0.576. The van der Waals surface area contributed by atoms with Crippen molar-refractivity contribution in [1.29, 1.82) is 0 Å². The number of rotatable bonds is 6. The van der Waals surface area contributed by atoms with Gasteiger partial charge in [-0.2, -0.15) is 0 Å². The smallest absolute Gasteiger partial charge is 0.303 e. The van der Waals surface area contributed by atoms with E-state index in [0.29, 0.717) is 0 Å². The maximum Gasteiger partial charge on any atom is 0.303 e. The third kappa shape index (κ3) is 4.73. The van der Waals surface area contributed by atoms with Crippen LogP contribution in [0.15, 0.2) is 30.3 Å². The van der Waals surface area contributed by atoms with Crippen LogP contribution in [-0.4, -0.2) is 60.6 Å². The van der Waals surface area contributed by atoms with E-state index in [9.17, 15) is 15.0 Å². The van der Waals surface area contributed by atoms with Crippen LogP contribution in [0.4, 0.5) is 0 Å². The van der Waals surface area contributed by atoms with E-state index in [1.165, 1.54) is 14.0 Å². The Balaban J connectivity index is 2.08. The molecule has 0 aliphatic carbocycles. The maximum absolute atomic E-state index is 11.3.